The molecule has 8 rings (SSSR count). The average molecular weight is 504 g/mol. The molecular formula is C35H21NOS. The van der Waals surface area contributed by atoms with Crippen LogP contribution in [-0.4, -0.2) is 4.98 Å². The van der Waals surface area contributed by atoms with Crippen molar-refractivity contribution in [3.8, 4) is 33.5 Å². The lowest BCUT2D eigenvalue weighted by molar-refractivity contribution is 0.655. The molecule has 0 N–H and O–H groups in total. The predicted octanol–water partition coefficient (Wildman–Crippen LogP) is 10.3. The van der Waals surface area contributed by atoms with Gasteiger partial charge in [-0.3, -0.25) is 0 Å². The Hall–Kier alpha value is -4.73. The minimum atomic E-state index is 0.669. The summed E-state index contributed by atoms with van der Waals surface area (Å²) in [4.78, 5) is 5.04. The second-order valence-electron chi connectivity index (χ2n) is 9.56. The Morgan fingerprint density at radius 2 is 1.21 bits per heavy atom. The van der Waals surface area contributed by atoms with Crippen LogP contribution in [0.15, 0.2) is 132 Å². The van der Waals surface area contributed by atoms with E-state index in [9.17, 15) is 0 Å². The van der Waals surface area contributed by atoms with Crippen molar-refractivity contribution in [2.24, 2.45) is 0 Å². The quantitative estimate of drug-likeness (QED) is 0.240. The summed E-state index contributed by atoms with van der Waals surface area (Å²) < 4.78 is 9.06. The van der Waals surface area contributed by atoms with Crippen molar-refractivity contribution in [2.45, 2.75) is 0 Å². The third kappa shape index (κ3) is 3.29. The average Bonchev–Trinajstić information content (AvgIpc) is 3.55. The van der Waals surface area contributed by atoms with E-state index in [1.165, 1.54) is 31.3 Å². The van der Waals surface area contributed by atoms with Crippen molar-refractivity contribution < 1.29 is 4.42 Å². The Kier molecular flexibility index (Phi) is 4.73. The fourth-order valence-electron chi connectivity index (χ4n) is 5.50. The van der Waals surface area contributed by atoms with Crippen molar-refractivity contribution in [2.75, 3.05) is 0 Å². The molecule has 3 aromatic heterocycles. The van der Waals surface area contributed by atoms with Gasteiger partial charge >= 0.3 is 0 Å². The second-order valence-corrected chi connectivity index (χ2v) is 10.6. The predicted molar refractivity (Wildman–Crippen MR) is 161 cm³/mol. The normalized spacial score (nSPS) is 11.7. The highest BCUT2D eigenvalue weighted by molar-refractivity contribution is 7.26. The van der Waals surface area contributed by atoms with Crippen LogP contribution in [0.3, 0.4) is 0 Å². The number of rotatable bonds is 3. The van der Waals surface area contributed by atoms with Crippen molar-refractivity contribution in [1.82, 2.24) is 4.98 Å². The highest BCUT2D eigenvalue weighted by atomic mass is 32.1. The van der Waals surface area contributed by atoms with Crippen LogP contribution in [0.2, 0.25) is 0 Å². The first kappa shape index (κ1) is 21.4. The lowest BCUT2D eigenvalue weighted by Gasteiger charge is -2.06. The molecule has 8 aromatic rings. The number of pyridine rings is 1. The van der Waals surface area contributed by atoms with Crippen molar-refractivity contribution in [3.05, 3.63) is 127 Å². The van der Waals surface area contributed by atoms with Crippen LogP contribution in [0.1, 0.15) is 0 Å². The van der Waals surface area contributed by atoms with Gasteiger partial charge in [0.1, 0.15) is 5.58 Å². The largest absolute Gasteiger partial charge is 0.437 e. The van der Waals surface area contributed by atoms with Gasteiger partial charge in [0.25, 0.3) is 0 Å². The highest BCUT2D eigenvalue weighted by Crippen LogP contribution is 2.41. The van der Waals surface area contributed by atoms with E-state index in [0.717, 1.165) is 38.7 Å². The molecule has 3 heteroatoms. The topological polar surface area (TPSA) is 26.0 Å². The summed E-state index contributed by atoms with van der Waals surface area (Å²) in [6.07, 6.45) is 0. The molecule has 5 aromatic carbocycles. The van der Waals surface area contributed by atoms with Crippen LogP contribution in [-0.2, 0) is 0 Å². The van der Waals surface area contributed by atoms with Gasteiger partial charge in [0.2, 0.25) is 5.71 Å². The number of hydrogen-bond donors (Lipinski definition) is 0. The van der Waals surface area contributed by atoms with Crippen LogP contribution in [0.5, 0.6) is 0 Å². The third-order valence-electron chi connectivity index (χ3n) is 7.33. The molecule has 0 fully saturated rings. The van der Waals surface area contributed by atoms with Gasteiger partial charge < -0.3 is 4.42 Å². The van der Waals surface area contributed by atoms with Crippen LogP contribution in [0, 0.1) is 0 Å². The van der Waals surface area contributed by atoms with Crippen LogP contribution in [0.25, 0.3) is 75.8 Å². The highest BCUT2D eigenvalue weighted by Gasteiger charge is 2.16. The van der Waals surface area contributed by atoms with Gasteiger partial charge in [0.05, 0.1) is 5.69 Å². The van der Waals surface area contributed by atoms with Gasteiger partial charge in [-0.15, -0.1) is 11.3 Å². The zero-order chi connectivity index (χ0) is 25.1. The third-order valence-corrected chi connectivity index (χ3v) is 8.55. The summed E-state index contributed by atoms with van der Waals surface area (Å²) in [6.45, 7) is 0. The van der Waals surface area contributed by atoms with E-state index in [1.807, 2.05) is 17.4 Å². The maximum absolute atomic E-state index is 6.51. The smallest absolute Gasteiger partial charge is 0.227 e. The first-order valence-corrected chi connectivity index (χ1v) is 13.5. The second kappa shape index (κ2) is 8.41. The van der Waals surface area contributed by atoms with Crippen molar-refractivity contribution in [1.29, 1.82) is 0 Å². The van der Waals surface area contributed by atoms with E-state index in [2.05, 4.69) is 121 Å². The molecule has 3 heterocycles. The number of furan rings is 1. The van der Waals surface area contributed by atoms with E-state index in [0.29, 0.717) is 5.71 Å². The standard InChI is InChI=1S/C35H21NOS/c1-2-9-22(10-3-1)23-11-6-12-24(21-23)25-14-7-15-27-29-19-20-31(36-35(29)37-33(25)27)30-17-8-16-28-26-13-4-5-18-32(26)38-34(28)30/h1-21H. The summed E-state index contributed by atoms with van der Waals surface area (Å²) in [5.41, 5.74) is 8.21. The molecule has 2 nitrogen and oxygen atoms in total. The van der Waals surface area contributed by atoms with Gasteiger partial charge in [-0.25, -0.2) is 4.98 Å². The van der Waals surface area contributed by atoms with E-state index < -0.39 is 0 Å². The molecule has 38 heavy (non-hydrogen) atoms. The van der Waals surface area contributed by atoms with Gasteiger partial charge in [0, 0.05) is 42.1 Å². The molecule has 0 saturated carbocycles. The minimum absolute atomic E-state index is 0.669. The zero-order valence-electron chi connectivity index (χ0n) is 20.4. The summed E-state index contributed by atoms with van der Waals surface area (Å²) in [5, 5.41) is 4.69. The molecule has 0 amide bonds. The molecule has 0 aliphatic carbocycles. The molecule has 0 atom stereocenters. The van der Waals surface area contributed by atoms with Crippen LogP contribution in [0.4, 0.5) is 0 Å². The Morgan fingerprint density at radius 1 is 0.500 bits per heavy atom. The first-order valence-electron chi connectivity index (χ1n) is 12.7. The Morgan fingerprint density at radius 3 is 2.13 bits per heavy atom. The van der Waals surface area contributed by atoms with E-state index in [1.54, 1.807) is 0 Å². The fraction of sp³-hybridized carbons (Fsp3) is 0. The zero-order valence-corrected chi connectivity index (χ0v) is 21.2. The summed E-state index contributed by atoms with van der Waals surface area (Å²) >= 11 is 1.82. The Labute approximate surface area is 223 Å². The Bertz CT molecular complexity index is 2140. The molecule has 0 saturated heterocycles. The molecule has 0 aliphatic rings. The lowest BCUT2D eigenvalue weighted by atomic mass is 9.98. The molecule has 0 bridgehead atoms. The number of aromatic nitrogens is 1. The number of benzene rings is 5. The molecule has 0 unspecified atom stereocenters. The molecule has 0 radical (unpaired) electrons. The van der Waals surface area contributed by atoms with Crippen LogP contribution >= 0.6 is 11.3 Å². The van der Waals surface area contributed by atoms with Gasteiger partial charge in [0.15, 0.2) is 0 Å². The molecule has 178 valence electrons. The molecule has 0 spiro atoms. The summed E-state index contributed by atoms with van der Waals surface area (Å²) in [5.74, 6) is 0. The summed E-state index contributed by atoms with van der Waals surface area (Å²) in [7, 11) is 0. The number of thiophene rings is 1. The van der Waals surface area contributed by atoms with Gasteiger partial charge in [-0.1, -0.05) is 103 Å². The summed E-state index contributed by atoms with van der Waals surface area (Å²) in [6, 6.07) is 44.8. The van der Waals surface area contributed by atoms with Gasteiger partial charge in [-0.2, -0.15) is 0 Å². The number of hydrogen-bond acceptors (Lipinski definition) is 3. The number of nitrogens with zero attached hydrogens (tertiary/aromatic N) is 1. The fourth-order valence-corrected chi connectivity index (χ4v) is 6.73. The lowest BCUT2D eigenvalue weighted by Crippen LogP contribution is -1.83. The number of para-hydroxylation sites is 1. The van der Waals surface area contributed by atoms with Crippen molar-refractivity contribution >= 4 is 53.6 Å². The maximum Gasteiger partial charge on any atom is 0.227 e. The van der Waals surface area contributed by atoms with Gasteiger partial charge in [-0.05, 0) is 41.0 Å². The van der Waals surface area contributed by atoms with Crippen LogP contribution < -0.4 is 0 Å². The van der Waals surface area contributed by atoms with E-state index in [-0.39, 0.29) is 0 Å². The first-order chi connectivity index (χ1) is 18.8. The van der Waals surface area contributed by atoms with Crippen molar-refractivity contribution in [3.63, 3.8) is 0 Å². The maximum atomic E-state index is 6.51. The molecular weight excluding hydrogens is 482 g/mol. The monoisotopic (exact) mass is 503 g/mol. The Balaban J connectivity index is 1.29. The minimum Gasteiger partial charge on any atom is -0.437 e. The molecule has 0 aliphatic heterocycles. The van der Waals surface area contributed by atoms with E-state index >= 15 is 0 Å². The SMILES string of the molecule is c1ccc(-c2cccc(-c3cccc4c3oc3nc(-c5cccc6c5sc5ccccc56)ccc34)c2)cc1. The van der Waals surface area contributed by atoms with E-state index in [4.69, 9.17) is 9.40 Å². The number of fused-ring (bicyclic) bond motifs is 6.